The van der Waals surface area contributed by atoms with Gasteiger partial charge >= 0.3 is 0 Å². The number of carbonyl (C=O) groups is 2. The van der Waals surface area contributed by atoms with Crippen molar-refractivity contribution in [3.63, 3.8) is 0 Å². The molecule has 0 radical (unpaired) electrons. The highest BCUT2D eigenvalue weighted by molar-refractivity contribution is 7.92. The molecule has 47 heavy (non-hydrogen) atoms. The van der Waals surface area contributed by atoms with Crippen molar-refractivity contribution in [1.29, 1.82) is 0 Å². The van der Waals surface area contributed by atoms with E-state index in [0.29, 0.717) is 5.69 Å². The topological polar surface area (TPSA) is 86.8 Å². The number of sulfonamides is 1. The Morgan fingerprint density at radius 3 is 1.96 bits per heavy atom. The van der Waals surface area contributed by atoms with Crippen LogP contribution in [0.4, 0.5) is 5.69 Å². The predicted octanol–water partition coefficient (Wildman–Crippen LogP) is 7.18. The third-order valence-corrected chi connectivity index (χ3v) is 9.89. The third kappa shape index (κ3) is 9.32. The van der Waals surface area contributed by atoms with Crippen molar-refractivity contribution in [3.8, 4) is 0 Å². The van der Waals surface area contributed by atoms with E-state index < -0.39 is 34.1 Å². The summed E-state index contributed by atoms with van der Waals surface area (Å²) in [7, 11) is -4.16. The van der Waals surface area contributed by atoms with Crippen molar-refractivity contribution in [2.45, 2.75) is 83.8 Å². The maximum Gasteiger partial charge on any atom is 0.264 e. The molecule has 0 aromatic heterocycles. The second-order valence-electron chi connectivity index (χ2n) is 13.5. The van der Waals surface area contributed by atoms with E-state index in [1.807, 2.05) is 101 Å². The summed E-state index contributed by atoms with van der Waals surface area (Å²) in [6.45, 7) is 13.3. The second kappa shape index (κ2) is 15.0. The molecule has 1 N–H and O–H groups in total. The van der Waals surface area contributed by atoms with Crippen molar-refractivity contribution in [3.05, 3.63) is 131 Å². The fourth-order valence-electron chi connectivity index (χ4n) is 5.37. The van der Waals surface area contributed by atoms with Crippen molar-refractivity contribution in [2.24, 2.45) is 0 Å². The highest BCUT2D eigenvalue weighted by Gasteiger charge is 2.35. The number of aryl methyl sites for hydroxylation is 2. The standard InChI is InChI=1S/C39H47N3O4S/c1-28(2)32-19-21-34(22-20-32)42(47(45,46)35-23-17-29(3)18-24-35)27-37(43)41(26-33-16-12-11-13-30(33)4)36(38(44)40-39(5,6)7)25-31-14-9-8-10-15-31/h8-24,28,36H,25-27H2,1-7H3,(H,40,44). The molecule has 2 amide bonds. The predicted molar refractivity (Wildman–Crippen MR) is 190 cm³/mol. The number of hydrogen-bond donors (Lipinski definition) is 1. The number of nitrogens with zero attached hydrogens (tertiary/aromatic N) is 2. The zero-order valence-electron chi connectivity index (χ0n) is 28.5. The lowest BCUT2D eigenvalue weighted by Gasteiger charge is -2.35. The molecule has 0 heterocycles. The van der Waals surface area contributed by atoms with Crippen molar-refractivity contribution < 1.29 is 18.0 Å². The molecule has 0 aliphatic carbocycles. The van der Waals surface area contributed by atoms with Gasteiger partial charge in [-0.1, -0.05) is 98.3 Å². The van der Waals surface area contributed by atoms with E-state index >= 15 is 0 Å². The Morgan fingerprint density at radius 2 is 1.38 bits per heavy atom. The van der Waals surface area contributed by atoms with Gasteiger partial charge in [-0.2, -0.15) is 0 Å². The van der Waals surface area contributed by atoms with E-state index in [1.54, 1.807) is 36.4 Å². The van der Waals surface area contributed by atoms with Crippen LogP contribution in [0.3, 0.4) is 0 Å². The number of hydrogen-bond acceptors (Lipinski definition) is 4. The normalized spacial score (nSPS) is 12.4. The first-order valence-electron chi connectivity index (χ1n) is 16.0. The Morgan fingerprint density at radius 1 is 0.787 bits per heavy atom. The van der Waals surface area contributed by atoms with E-state index in [0.717, 1.165) is 32.1 Å². The van der Waals surface area contributed by atoms with Gasteiger partial charge in [0, 0.05) is 18.5 Å². The van der Waals surface area contributed by atoms with E-state index in [1.165, 1.54) is 4.90 Å². The largest absolute Gasteiger partial charge is 0.350 e. The van der Waals surface area contributed by atoms with Gasteiger partial charge in [-0.05, 0) is 87.1 Å². The SMILES string of the molecule is Cc1ccc(S(=O)(=O)N(CC(=O)N(Cc2ccccc2C)C(Cc2ccccc2)C(=O)NC(C)(C)C)c2ccc(C(C)C)cc2)cc1. The summed E-state index contributed by atoms with van der Waals surface area (Å²) in [5.74, 6) is -0.545. The maximum absolute atomic E-state index is 14.7. The monoisotopic (exact) mass is 653 g/mol. The molecule has 4 rings (SSSR count). The van der Waals surface area contributed by atoms with Gasteiger partial charge in [-0.15, -0.1) is 0 Å². The lowest BCUT2D eigenvalue weighted by Crippen LogP contribution is -2.56. The van der Waals surface area contributed by atoms with Gasteiger partial charge < -0.3 is 10.2 Å². The second-order valence-corrected chi connectivity index (χ2v) is 15.3. The van der Waals surface area contributed by atoms with Gasteiger partial charge in [0.05, 0.1) is 10.6 Å². The number of carbonyl (C=O) groups excluding carboxylic acids is 2. The summed E-state index contributed by atoms with van der Waals surface area (Å²) in [5, 5.41) is 3.07. The molecule has 4 aromatic rings. The molecule has 248 valence electrons. The van der Waals surface area contributed by atoms with Crippen LogP contribution < -0.4 is 9.62 Å². The van der Waals surface area contributed by atoms with Crippen LogP contribution in [-0.4, -0.2) is 43.3 Å². The molecule has 1 atom stereocenters. The van der Waals surface area contributed by atoms with Gasteiger partial charge in [0.15, 0.2) is 0 Å². The molecule has 0 saturated carbocycles. The molecule has 8 heteroatoms. The van der Waals surface area contributed by atoms with E-state index in [2.05, 4.69) is 19.2 Å². The van der Waals surface area contributed by atoms with Crippen LogP contribution in [0, 0.1) is 13.8 Å². The molecular formula is C39H47N3O4S. The first-order valence-corrected chi connectivity index (χ1v) is 17.5. The molecule has 0 aliphatic heterocycles. The molecule has 1 unspecified atom stereocenters. The molecule has 7 nitrogen and oxygen atoms in total. The minimum absolute atomic E-state index is 0.0839. The quantitative estimate of drug-likeness (QED) is 0.176. The fraction of sp³-hybridized carbons (Fsp3) is 0.333. The van der Waals surface area contributed by atoms with Gasteiger partial charge in [0.2, 0.25) is 11.8 Å². The molecule has 0 saturated heterocycles. The van der Waals surface area contributed by atoms with Crippen LogP contribution in [-0.2, 0) is 32.6 Å². The minimum Gasteiger partial charge on any atom is -0.350 e. The summed E-state index contributed by atoms with van der Waals surface area (Å²) in [4.78, 5) is 30.4. The van der Waals surface area contributed by atoms with Crippen LogP contribution in [0.25, 0.3) is 0 Å². The summed E-state index contributed by atoms with van der Waals surface area (Å²) in [5.41, 5.74) is 4.52. The highest BCUT2D eigenvalue weighted by atomic mass is 32.2. The minimum atomic E-state index is -4.16. The Bertz CT molecular complexity index is 1760. The zero-order valence-corrected chi connectivity index (χ0v) is 29.3. The van der Waals surface area contributed by atoms with Crippen LogP contribution in [0.2, 0.25) is 0 Å². The van der Waals surface area contributed by atoms with Gasteiger partial charge in [-0.25, -0.2) is 8.42 Å². The van der Waals surface area contributed by atoms with Gasteiger partial charge in [0.1, 0.15) is 12.6 Å². The van der Waals surface area contributed by atoms with E-state index in [-0.39, 0.29) is 29.7 Å². The average Bonchev–Trinajstić information content (AvgIpc) is 3.02. The van der Waals surface area contributed by atoms with Gasteiger partial charge in [0.25, 0.3) is 10.0 Å². The molecule has 0 fully saturated rings. The van der Waals surface area contributed by atoms with Crippen molar-refractivity contribution in [2.75, 3.05) is 10.8 Å². The molecule has 4 aromatic carbocycles. The molecule has 0 spiro atoms. The Labute approximate surface area is 280 Å². The average molecular weight is 654 g/mol. The molecular weight excluding hydrogens is 607 g/mol. The van der Waals surface area contributed by atoms with Crippen LogP contribution in [0.1, 0.15) is 68.4 Å². The Kier molecular flexibility index (Phi) is 11.3. The van der Waals surface area contributed by atoms with E-state index in [4.69, 9.17) is 0 Å². The van der Waals surface area contributed by atoms with Crippen LogP contribution >= 0.6 is 0 Å². The maximum atomic E-state index is 14.7. The number of anilines is 1. The lowest BCUT2D eigenvalue weighted by atomic mass is 10.00. The number of benzene rings is 4. The lowest BCUT2D eigenvalue weighted by molar-refractivity contribution is -0.140. The summed E-state index contributed by atoms with van der Waals surface area (Å²) in [6.07, 6.45) is 0.258. The van der Waals surface area contributed by atoms with Crippen LogP contribution in [0.5, 0.6) is 0 Å². The van der Waals surface area contributed by atoms with Gasteiger partial charge in [-0.3, -0.25) is 13.9 Å². The molecule has 0 bridgehead atoms. The van der Waals surface area contributed by atoms with Crippen molar-refractivity contribution in [1.82, 2.24) is 10.2 Å². The first-order chi connectivity index (χ1) is 22.2. The zero-order chi connectivity index (χ0) is 34.4. The summed E-state index contributed by atoms with van der Waals surface area (Å²) < 4.78 is 29.7. The van der Waals surface area contributed by atoms with Crippen LogP contribution in [0.15, 0.2) is 108 Å². The fourth-order valence-corrected chi connectivity index (χ4v) is 6.78. The third-order valence-electron chi connectivity index (χ3n) is 8.11. The first kappa shape index (κ1) is 35.4. The number of nitrogens with one attached hydrogen (secondary N) is 1. The summed E-state index contributed by atoms with van der Waals surface area (Å²) >= 11 is 0. The highest BCUT2D eigenvalue weighted by Crippen LogP contribution is 2.27. The smallest absolute Gasteiger partial charge is 0.264 e. The Hall–Kier alpha value is -4.43. The number of rotatable bonds is 12. The summed E-state index contributed by atoms with van der Waals surface area (Å²) in [6, 6.07) is 30.3. The van der Waals surface area contributed by atoms with Crippen molar-refractivity contribution >= 4 is 27.5 Å². The molecule has 0 aliphatic rings. The van der Waals surface area contributed by atoms with E-state index in [9.17, 15) is 18.0 Å². The number of amides is 2. The Balaban J connectivity index is 1.83.